The SMILES string of the molecule is CCN(CC)S(=O)(=O)c1ccc(C(=O)NCCn2ccnc2-c2ccccn2)cc1. The van der Waals surface area contributed by atoms with E-state index in [9.17, 15) is 13.2 Å². The summed E-state index contributed by atoms with van der Waals surface area (Å²) in [5, 5.41) is 2.85. The van der Waals surface area contributed by atoms with Crippen molar-refractivity contribution in [3.05, 3.63) is 66.6 Å². The molecule has 2 aromatic heterocycles. The first-order valence-corrected chi connectivity index (χ1v) is 11.2. The van der Waals surface area contributed by atoms with Crippen molar-refractivity contribution >= 4 is 15.9 Å². The molecule has 9 heteroatoms. The number of carbonyl (C=O) groups is 1. The van der Waals surface area contributed by atoms with Crippen molar-refractivity contribution in [3.63, 3.8) is 0 Å². The van der Waals surface area contributed by atoms with Gasteiger partial charge in [-0.25, -0.2) is 13.4 Å². The fraction of sp³-hybridized carbons (Fsp3) is 0.286. The van der Waals surface area contributed by atoms with Gasteiger partial charge >= 0.3 is 0 Å². The van der Waals surface area contributed by atoms with Crippen molar-refractivity contribution in [2.45, 2.75) is 25.3 Å². The Hall–Kier alpha value is -3.04. The average molecular weight is 428 g/mol. The number of pyridine rings is 1. The van der Waals surface area contributed by atoms with E-state index in [1.54, 1.807) is 26.2 Å². The highest BCUT2D eigenvalue weighted by atomic mass is 32.2. The molecule has 0 bridgehead atoms. The maximum Gasteiger partial charge on any atom is 0.251 e. The Kier molecular flexibility index (Phi) is 6.96. The van der Waals surface area contributed by atoms with Crippen LogP contribution in [0.5, 0.6) is 0 Å². The first-order valence-electron chi connectivity index (χ1n) is 9.78. The Morgan fingerprint density at radius 1 is 1.03 bits per heavy atom. The topological polar surface area (TPSA) is 97.2 Å². The summed E-state index contributed by atoms with van der Waals surface area (Å²) in [5.74, 6) is 0.470. The summed E-state index contributed by atoms with van der Waals surface area (Å²) in [6.07, 6.45) is 5.24. The number of rotatable bonds is 9. The molecule has 8 nitrogen and oxygen atoms in total. The second kappa shape index (κ2) is 9.64. The standard InChI is InChI=1S/C21H25N5O3S/c1-3-26(4-2)30(28,29)18-10-8-17(9-11-18)21(27)24-14-16-25-15-13-23-20(25)19-7-5-6-12-22-19/h5-13,15H,3-4,14,16H2,1-2H3,(H,24,27). The number of carbonyl (C=O) groups excluding carboxylic acids is 1. The molecule has 0 fully saturated rings. The van der Waals surface area contributed by atoms with Gasteiger partial charge in [-0.15, -0.1) is 0 Å². The van der Waals surface area contributed by atoms with E-state index in [0.717, 1.165) is 11.5 Å². The van der Waals surface area contributed by atoms with Crippen molar-refractivity contribution < 1.29 is 13.2 Å². The van der Waals surface area contributed by atoms with Gasteiger partial charge in [0, 0.05) is 50.3 Å². The summed E-state index contributed by atoms with van der Waals surface area (Å²) >= 11 is 0. The highest BCUT2D eigenvalue weighted by Crippen LogP contribution is 2.16. The number of hydrogen-bond acceptors (Lipinski definition) is 5. The molecule has 0 aliphatic rings. The first kappa shape index (κ1) is 21.7. The lowest BCUT2D eigenvalue weighted by molar-refractivity contribution is 0.0952. The van der Waals surface area contributed by atoms with E-state index in [2.05, 4.69) is 15.3 Å². The third-order valence-corrected chi connectivity index (χ3v) is 6.77. The fourth-order valence-electron chi connectivity index (χ4n) is 3.10. The fourth-order valence-corrected chi connectivity index (χ4v) is 4.56. The zero-order valence-electron chi connectivity index (χ0n) is 17.0. The van der Waals surface area contributed by atoms with Crippen molar-refractivity contribution in [1.82, 2.24) is 24.2 Å². The third-order valence-electron chi connectivity index (χ3n) is 4.71. The van der Waals surface area contributed by atoms with Gasteiger partial charge in [0.25, 0.3) is 5.91 Å². The largest absolute Gasteiger partial charge is 0.350 e. The van der Waals surface area contributed by atoms with Gasteiger partial charge in [0.15, 0.2) is 5.82 Å². The van der Waals surface area contributed by atoms with Crippen molar-refractivity contribution in [2.75, 3.05) is 19.6 Å². The quantitative estimate of drug-likeness (QED) is 0.566. The summed E-state index contributed by atoms with van der Waals surface area (Å²) in [6.45, 7) is 5.32. The molecule has 3 aromatic rings. The molecule has 0 spiro atoms. The third kappa shape index (κ3) is 4.74. The zero-order chi connectivity index (χ0) is 21.6. The van der Waals surface area contributed by atoms with Crippen molar-refractivity contribution in [1.29, 1.82) is 0 Å². The minimum Gasteiger partial charge on any atom is -0.350 e. The van der Waals surface area contributed by atoms with Crippen LogP contribution in [0.15, 0.2) is 66.0 Å². The smallest absolute Gasteiger partial charge is 0.251 e. The molecule has 158 valence electrons. The van der Waals surface area contributed by atoms with Crippen LogP contribution in [0.3, 0.4) is 0 Å². The average Bonchev–Trinajstić information content (AvgIpc) is 3.23. The Balaban J connectivity index is 1.61. The second-order valence-electron chi connectivity index (χ2n) is 6.53. The van der Waals surface area contributed by atoms with Gasteiger partial charge < -0.3 is 9.88 Å². The molecule has 0 aliphatic heterocycles. The normalized spacial score (nSPS) is 11.6. The Morgan fingerprint density at radius 3 is 2.40 bits per heavy atom. The molecule has 0 saturated carbocycles. The van der Waals surface area contributed by atoms with Gasteiger partial charge in [-0.2, -0.15) is 4.31 Å². The molecular formula is C21H25N5O3S. The number of amides is 1. The number of hydrogen-bond donors (Lipinski definition) is 1. The van der Waals surface area contributed by atoms with E-state index in [1.165, 1.54) is 28.6 Å². The monoisotopic (exact) mass is 427 g/mol. The van der Waals surface area contributed by atoms with Crippen LogP contribution in [-0.2, 0) is 16.6 Å². The Morgan fingerprint density at radius 2 is 1.77 bits per heavy atom. The van der Waals surface area contributed by atoms with Crippen LogP contribution in [0.25, 0.3) is 11.5 Å². The molecule has 1 amide bonds. The lowest BCUT2D eigenvalue weighted by atomic mass is 10.2. The lowest BCUT2D eigenvalue weighted by Crippen LogP contribution is -2.30. The Bertz CT molecular complexity index is 1080. The number of benzene rings is 1. The molecule has 0 saturated heterocycles. The number of aromatic nitrogens is 3. The Labute approximate surface area is 176 Å². The number of nitrogens with one attached hydrogen (secondary N) is 1. The molecular weight excluding hydrogens is 402 g/mol. The van der Waals surface area contributed by atoms with Crippen LogP contribution in [0.2, 0.25) is 0 Å². The van der Waals surface area contributed by atoms with Gasteiger partial charge in [-0.3, -0.25) is 9.78 Å². The molecule has 30 heavy (non-hydrogen) atoms. The molecule has 0 unspecified atom stereocenters. The van der Waals surface area contributed by atoms with Gasteiger partial charge in [-0.05, 0) is 36.4 Å². The molecule has 1 N–H and O–H groups in total. The molecule has 0 aliphatic carbocycles. The van der Waals surface area contributed by atoms with Crippen LogP contribution >= 0.6 is 0 Å². The molecule has 0 atom stereocenters. The van der Waals surface area contributed by atoms with E-state index in [-0.39, 0.29) is 10.8 Å². The lowest BCUT2D eigenvalue weighted by Gasteiger charge is -2.18. The summed E-state index contributed by atoms with van der Waals surface area (Å²) in [6, 6.07) is 11.6. The summed E-state index contributed by atoms with van der Waals surface area (Å²) in [4.78, 5) is 21.2. The number of imidazole rings is 1. The van der Waals surface area contributed by atoms with Gasteiger partial charge in [0.05, 0.1) is 4.90 Å². The molecule has 3 rings (SSSR count). The summed E-state index contributed by atoms with van der Waals surface area (Å²) in [5.41, 5.74) is 1.17. The van der Waals surface area contributed by atoms with E-state index >= 15 is 0 Å². The van der Waals surface area contributed by atoms with Crippen LogP contribution in [0.4, 0.5) is 0 Å². The second-order valence-corrected chi connectivity index (χ2v) is 8.47. The minimum atomic E-state index is -3.54. The maximum atomic E-state index is 12.5. The maximum absolute atomic E-state index is 12.5. The first-order chi connectivity index (χ1) is 14.5. The highest BCUT2D eigenvalue weighted by Gasteiger charge is 2.21. The van der Waals surface area contributed by atoms with Gasteiger partial charge in [0.2, 0.25) is 10.0 Å². The predicted molar refractivity (Wildman–Crippen MR) is 114 cm³/mol. The summed E-state index contributed by atoms with van der Waals surface area (Å²) < 4.78 is 28.4. The van der Waals surface area contributed by atoms with Crippen LogP contribution in [0.1, 0.15) is 24.2 Å². The van der Waals surface area contributed by atoms with E-state index in [1.807, 2.05) is 29.0 Å². The molecule has 2 heterocycles. The summed E-state index contributed by atoms with van der Waals surface area (Å²) in [7, 11) is -3.54. The number of nitrogens with zero attached hydrogens (tertiary/aromatic N) is 4. The van der Waals surface area contributed by atoms with Crippen LogP contribution in [-0.4, -0.2) is 52.8 Å². The van der Waals surface area contributed by atoms with E-state index < -0.39 is 10.0 Å². The minimum absolute atomic E-state index is 0.182. The van der Waals surface area contributed by atoms with E-state index in [4.69, 9.17) is 0 Å². The van der Waals surface area contributed by atoms with Crippen LogP contribution in [0, 0.1) is 0 Å². The van der Waals surface area contributed by atoms with Crippen molar-refractivity contribution in [2.24, 2.45) is 0 Å². The molecule has 1 aromatic carbocycles. The zero-order valence-corrected chi connectivity index (χ0v) is 17.8. The van der Waals surface area contributed by atoms with E-state index in [0.29, 0.717) is 31.7 Å². The molecule has 0 radical (unpaired) electrons. The highest BCUT2D eigenvalue weighted by molar-refractivity contribution is 7.89. The number of sulfonamides is 1. The predicted octanol–water partition coefficient (Wildman–Crippen LogP) is 2.41. The van der Waals surface area contributed by atoms with Crippen LogP contribution < -0.4 is 5.32 Å². The van der Waals surface area contributed by atoms with Crippen molar-refractivity contribution in [3.8, 4) is 11.5 Å². The van der Waals surface area contributed by atoms with Gasteiger partial charge in [-0.1, -0.05) is 19.9 Å². The van der Waals surface area contributed by atoms with Gasteiger partial charge in [0.1, 0.15) is 5.69 Å².